The van der Waals surface area contributed by atoms with Crippen LogP contribution in [-0.2, 0) is 9.59 Å². The van der Waals surface area contributed by atoms with Gasteiger partial charge in [-0.05, 0) is 38.8 Å². The van der Waals surface area contributed by atoms with Gasteiger partial charge in [0.15, 0.2) is 0 Å². The van der Waals surface area contributed by atoms with E-state index in [0.29, 0.717) is 11.0 Å². The van der Waals surface area contributed by atoms with Crippen LogP contribution in [-0.4, -0.2) is 60.4 Å². The largest absolute Gasteiger partial charge is 0.346 e. The predicted molar refractivity (Wildman–Crippen MR) is 77.2 cm³/mol. The van der Waals surface area contributed by atoms with E-state index in [1.807, 2.05) is 4.90 Å². The number of thioether (sulfide) groups is 1. The first-order chi connectivity index (χ1) is 9.25. The SMILES string of the molecule is O=C(CSC1CCNCC1)NCC(=O)N1CCCC1. The van der Waals surface area contributed by atoms with Gasteiger partial charge in [-0.25, -0.2) is 0 Å². The minimum atomic E-state index is -0.0175. The molecule has 6 heteroatoms. The smallest absolute Gasteiger partial charge is 0.241 e. The molecule has 2 saturated heterocycles. The van der Waals surface area contributed by atoms with E-state index in [-0.39, 0.29) is 18.4 Å². The molecule has 0 aromatic carbocycles. The summed E-state index contributed by atoms with van der Waals surface area (Å²) in [6, 6.07) is 0. The Labute approximate surface area is 118 Å². The molecule has 0 aromatic rings. The van der Waals surface area contributed by atoms with E-state index in [1.54, 1.807) is 11.8 Å². The molecule has 2 aliphatic rings. The average molecular weight is 285 g/mol. The van der Waals surface area contributed by atoms with Crippen molar-refractivity contribution in [1.29, 1.82) is 0 Å². The van der Waals surface area contributed by atoms with E-state index >= 15 is 0 Å². The number of hydrogen-bond acceptors (Lipinski definition) is 4. The molecule has 0 bridgehead atoms. The molecule has 2 amide bonds. The standard InChI is InChI=1S/C13H23N3O2S/c17-12(10-19-11-3-5-14-6-4-11)15-9-13(18)16-7-1-2-8-16/h11,14H,1-10H2,(H,15,17). The quantitative estimate of drug-likeness (QED) is 0.758. The maximum atomic E-state index is 11.8. The Hall–Kier alpha value is -0.750. The van der Waals surface area contributed by atoms with Gasteiger partial charge in [-0.15, -0.1) is 11.8 Å². The number of rotatable bonds is 5. The van der Waals surface area contributed by atoms with Gasteiger partial charge in [0, 0.05) is 18.3 Å². The summed E-state index contributed by atoms with van der Waals surface area (Å²) in [4.78, 5) is 25.3. The molecular formula is C13H23N3O2S. The zero-order valence-corrected chi connectivity index (χ0v) is 12.1. The maximum Gasteiger partial charge on any atom is 0.241 e. The maximum absolute atomic E-state index is 11.8. The van der Waals surface area contributed by atoms with Gasteiger partial charge < -0.3 is 15.5 Å². The van der Waals surface area contributed by atoms with Gasteiger partial charge in [-0.2, -0.15) is 0 Å². The average Bonchev–Trinajstić information content (AvgIpc) is 2.98. The van der Waals surface area contributed by atoms with Crippen LogP contribution in [0.5, 0.6) is 0 Å². The molecule has 0 aromatic heterocycles. The highest BCUT2D eigenvalue weighted by atomic mass is 32.2. The zero-order chi connectivity index (χ0) is 13.5. The van der Waals surface area contributed by atoms with Crippen LogP contribution in [0.25, 0.3) is 0 Å². The minimum Gasteiger partial charge on any atom is -0.346 e. The van der Waals surface area contributed by atoms with Crippen molar-refractivity contribution in [2.45, 2.75) is 30.9 Å². The van der Waals surface area contributed by atoms with E-state index in [1.165, 1.54) is 0 Å². The molecule has 0 radical (unpaired) electrons. The fourth-order valence-corrected chi connectivity index (χ4v) is 3.52. The Kier molecular flexibility index (Phi) is 5.97. The van der Waals surface area contributed by atoms with Crippen LogP contribution in [0.2, 0.25) is 0 Å². The second-order valence-corrected chi connectivity index (χ2v) is 6.41. The fourth-order valence-electron chi connectivity index (χ4n) is 2.46. The Balaban J connectivity index is 1.57. The number of nitrogens with one attached hydrogen (secondary N) is 2. The monoisotopic (exact) mass is 285 g/mol. The molecule has 0 atom stereocenters. The lowest BCUT2D eigenvalue weighted by Gasteiger charge is -2.21. The Morgan fingerprint density at radius 2 is 1.89 bits per heavy atom. The third-order valence-electron chi connectivity index (χ3n) is 3.63. The van der Waals surface area contributed by atoms with Crippen LogP contribution in [0, 0.1) is 0 Å². The minimum absolute atomic E-state index is 0.0175. The number of amides is 2. The van der Waals surface area contributed by atoms with Crippen molar-refractivity contribution in [1.82, 2.24) is 15.5 Å². The van der Waals surface area contributed by atoms with Crippen molar-refractivity contribution >= 4 is 23.6 Å². The van der Waals surface area contributed by atoms with Crippen molar-refractivity contribution in [2.24, 2.45) is 0 Å². The molecule has 2 aliphatic heterocycles. The van der Waals surface area contributed by atoms with Gasteiger partial charge >= 0.3 is 0 Å². The summed E-state index contributed by atoms with van der Waals surface area (Å²) >= 11 is 1.71. The van der Waals surface area contributed by atoms with Crippen molar-refractivity contribution < 1.29 is 9.59 Å². The Bertz CT molecular complexity index is 313. The molecule has 2 fully saturated rings. The van der Waals surface area contributed by atoms with E-state index in [2.05, 4.69) is 10.6 Å². The van der Waals surface area contributed by atoms with Crippen LogP contribution in [0.1, 0.15) is 25.7 Å². The summed E-state index contributed by atoms with van der Waals surface area (Å²) in [7, 11) is 0. The molecule has 0 spiro atoms. The highest BCUT2D eigenvalue weighted by Gasteiger charge is 2.19. The highest BCUT2D eigenvalue weighted by Crippen LogP contribution is 2.19. The van der Waals surface area contributed by atoms with Gasteiger partial charge in [-0.1, -0.05) is 0 Å². The molecule has 5 nitrogen and oxygen atoms in total. The van der Waals surface area contributed by atoms with E-state index in [4.69, 9.17) is 0 Å². The molecule has 19 heavy (non-hydrogen) atoms. The summed E-state index contributed by atoms with van der Waals surface area (Å²) < 4.78 is 0. The van der Waals surface area contributed by atoms with Crippen molar-refractivity contribution in [3.63, 3.8) is 0 Å². The summed E-state index contributed by atoms with van der Waals surface area (Å²) in [6.07, 6.45) is 4.44. The third-order valence-corrected chi connectivity index (χ3v) is 5.00. The summed E-state index contributed by atoms with van der Waals surface area (Å²) in [5, 5.41) is 6.63. The number of hydrogen-bond donors (Lipinski definition) is 2. The van der Waals surface area contributed by atoms with E-state index < -0.39 is 0 Å². The Morgan fingerprint density at radius 3 is 2.58 bits per heavy atom. The van der Waals surface area contributed by atoms with Crippen molar-refractivity contribution in [3.8, 4) is 0 Å². The van der Waals surface area contributed by atoms with Crippen LogP contribution >= 0.6 is 11.8 Å². The number of carbonyl (C=O) groups is 2. The lowest BCUT2D eigenvalue weighted by Crippen LogP contribution is -2.39. The Morgan fingerprint density at radius 1 is 1.21 bits per heavy atom. The van der Waals surface area contributed by atoms with E-state index in [0.717, 1.165) is 51.9 Å². The molecule has 2 N–H and O–H groups in total. The number of likely N-dealkylation sites (tertiary alicyclic amines) is 1. The highest BCUT2D eigenvalue weighted by molar-refractivity contribution is 8.00. The lowest BCUT2D eigenvalue weighted by molar-refractivity contribution is -0.131. The summed E-state index contributed by atoms with van der Waals surface area (Å²) in [5.41, 5.74) is 0. The number of piperidine rings is 1. The van der Waals surface area contributed by atoms with Gasteiger partial charge in [0.05, 0.1) is 12.3 Å². The fraction of sp³-hybridized carbons (Fsp3) is 0.846. The number of carbonyl (C=O) groups excluding carboxylic acids is 2. The van der Waals surface area contributed by atoms with Crippen LogP contribution in [0.15, 0.2) is 0 Å². The first-order valence-corrected chi connectivity index (χ1v) is 8.17. The second-order valence-electron chi connectivity index (χ2n) is 5.12. The zero-order valence-electron chi connectivity index (χ0n) is 11.3. The van der Waals surface area contributed by atoms with Gasteiger partial charge in [0.1, 0.15) is 0 Å². The second kappa shape index (κ2) is 7.75. The molecule has 0 aliphatic carbocycles. The predicted octanol–water partition coefficient (Wildman–Crippen LogP) is 0.210. The van der Waals surface area contributed by atoms with Crippen molar-refractivity contribution in [3.05, 3.63) is 0 Å². The summed E-state index contributed by atoms with van der Waals surface area (Å²) in [5.74, 6) is 0.506. The third kappa shape index (κ3) is 5.03. The molecule has 2 rings (SSSR count). The van der Waals surface area contributed by atoms with Gasteiger partial charge in [0.25, 0.3) is 0 Å². The normalized spacial score (nSPS) is 20.5. The van der Waals surface area contributed by atoms with Crippen LogP contribution in [0.3, 0.4) is 0 Å². The topological polar surface area (TPSA) is 61.4 Å². The molecule has 0 saturated carbocycles. The van der Waals surface area contributed by atoms with E-state index in [9.17, 15) is 9.59 Å². The lowest BCUT2D eigenvalue weighted by atomic mass is 10.2. The number of nitrogens with zero attached hydrogens (tertiary/aromatic N) is 1. The van der Waals surface area contributed by atoms with Crippen LogP contribution < -0.4 is 10.6 Å². The molecule has 2 heterocycles. The molecule has 108 valence electrons. The first-order valence-electron chi connectivity index (χ1n) is 7.12. The van der Waals surface area contributed by atoms with Gasteiger partial charge in [0.2, 0.25) is 11.8 Å². The van der Waals surface area contributed by atoms with Crippen LogP contribution in [0.4, 0.5) is 0 Å². The first kappa shape index (κ1) is 14.7. The molecule has 0 unspecified atom stereocenters. The molecular weight excluding hydrogens is 262 g/mol. The van der Waals surface area contributed by atoms with Crippen molar-refractivity contribution in [2.75, 3.05) is 38.5 Å². The van der Waals surface area contributed by atoms with Gasteiger partial charge in [-0.3, -0.25) is 9.59 Å². The summed E-state index contributed by atoms with van der Waals surface area (Å²) in [6.45, 7) is 3.95.